The van der Waals surface area contributed by atoms with Crippen LogP contribution < -0.4 is 5.32 Å². The molecule has 0 aromatic heterocycles. The molecule has 62 valence electrons. The minimum Gasteiger partial charge on any atom is -0.379 e. The minimum absolute atomic E-state index is 0.0781. The van der Waals surface area contributed by atoms with Crippen LogP contribution in [0.5, 0.6) is 0 Å². The van der Waals surface area contributed by atoms with Crippen molar-refractivity contribution in [1.82, 2.24) is 5.32 Å². The lowest BCUT2D eigenvalue weighted by Gasteiger charge is -2.11. The van der Waals surface area contributed by atoms with Crippen LogP contribution in [0.25, 0.3) is 0 Å². The first-order chi connectivity index (χ1) is 5.33. The smallest absolute Gasteiger partial charge is 0.222 e. The number of ether oxygens (including phenoxy) is 1. The van der Waals surface area contributed by atoms with Crippen molar-refractivity contribution in [2.24, 2.45) is 0 Å². The molecule has 1 aliphatic rings. The van der Waals surface area contributed by atoms with Gasteiger partial charge in [0, 0.05) is 6.42 Å². The van der Waals surface area contributed by atoms with Crippen molar-refractivity contribution < 1.29 is 9.53 Å². The second-order valence-electron chi connectivity index (χ2n) is 2.61. The predicted octanol–water partition coefficient (Wildman–Crippen LogP) is 0.468. The molecule has 1 aliphatic heterocycles. The summed E-state index contributed by atoms with van der Waals surface area (Å²) in [6.45, 7) is 4.75. The first-order valence-electron chi connectivity index (χ1n) is 3.81. The van der Waals surface area contributed by atoms with E-state index in [1.807, 2.05) is 0 Å². The van der Waals surface area contributed by atoms with Crippen molar-refractivity contribution in [1.29, 1.82) is 0 Å². The average molecular weight is 155 g/mol. The fourth-order valence-corrected chi connectivity index (χ4v) is 1.06. The van der Waals surface area contributed by atoms with E-state index in [9.17, 15) is 4.79 Å². The van der Waals surface area contributed by atoms with Gasteiger partial charge in [-0.3, -0.25) is 4.79 Å². The van der Waals surface area contributed by atoms with Crippen LogP contribution in [0.2, 0.25) is 0 Å². The average Bonchev–Trinajstić information content (AvgIpc) is 2.15. The van der Waals surface area contributed by atoms with Gasteiger partial charge in [-0.15, -0.1) is 6.58 Å². The van der Waals surface area contributed by atoms with Crippen molar-refractivity contribution in [3.63, 3.8) is 0 Å². The van der Waals surface area contributed by atoms with Crippen LogP contribution in [0.4, 0.5) is 0 Å². The van der Waals surface area contributed by atoms with E-state index in [4.69, 9.17) is 4.74 Å². The standard InChI is InChI=1S/C8H13NO2/c1-2-3-7-6-11-5-4-8(10)9-7/h2,7H,1,3-6H2,(H,9,10)/t7-/m0/s1. The molecule has 0 radical (unpaired) electrons. The van der Waals surface area contributed by atoms with Gasteiger partial charge in [0.05, 0.1) is 19.3 Å². The van der Waals surface area contributed by atoms with E-state index in [-0.39, 0.29) is 11.9 Å². The van der Waals surface area contributed by atoms with Crippen LogP contribution in [-0.2, 0) is 9.53 Å². The van der Waals surface area contributed by atoms with Crippen molar-refractivity contribution in [2.45, 2.75) is 18.9 Å². The van der Waals surface area contributed by atoms with Crippen LogP contribution in [0.15, 0.2) is 12.7 Å². The number of hydrogen-bond acceptors (Lipinski definition) is 2. The van der Waals surface area contributed by atoms with Crippen LogP contribution in [0, 0.1) is 0 Å². The molecule has 1 saturated heterocycles. The summed E-state index contributed by atoms with van der Waals surface area (Å²) in [5.41, 5.74) is 0. The van der Waals surface area contributed by atoms with Gasteiger partial charge in [0.15, 0.2) is 0 Å². The van der Waals surface area contributed by atoms with Gasteiger partial charge in [-0.25, -0.2) is 0 Å². The number of carbonyl (C=O) groups is 1. The zero-order valence-corrected chi connectivity index (χ0v) is 6.51. The van der Waals surface area contributed by atoms with Crippen molar-refractivity contribution in [3.05, 3.63) is 12.7 Å². The van der Waals surface area contributed by atoms with Gasteiger partial charge >= 0.3 is 0 Å². The maximum atomic E-state index is 10.9. The van der Waals surface area contributed by atoms with Crippen LogP contribution >= 0.6 is 0 Å². The van der Waals surface area contributed by atoms with E-state index < -0.39 is 0 Å². The SMILES string of the molecule is C=CC[C@H]1COCCC(=O)N1. The van der Waals surface area contributed by atoms with Gasteiger partial charge in [0.25, 0.3) is 0 Å². The maximum absolute atomic E-state index is 10.9. The number of nitrogens with one attached hydrogen (secondary N) is 1. The Kier molecular flexibility index (Phi) is 3.11. The molecule has 3 nitrogen and oxygen atoms in total. The molecule has 1 fully saturated rings. The number of hydrogen-bond donors (Lipinski definition) is 1. The normalized spacial score (nSPS) is 25.5. The van der Waals surface area contributed by atoms with Crippen LogP contribution in [0.3, 0.4) is 0 Å². The molecule has 0 bridgehead atoms. The number of amides is 1. The third-order valence-corrected chi connectivity index (χ3v) is 1.61. The second-order valence-corrected chi connectivity index (χ2v) is 2.61. The lowest BCUT2D eigenvalue weighted by Crippen LogP contribution is -2.34. The molecule has 0 aromatic carbocycles. The lowest BCUT2D eigenvalue weighted by molar-refractivity contribution is -0.121. The predicted molar refractivity (Wildman–Crippen MR) is 42.2 cm³/mol. The molecule has 0 spiro atoms. The van der Waals surface area contributed by atoms with Crippen molar-refractivity contribution in [3.8, 4) is 0 Å². The zero-order chi connectivity index (χ0) is 8.10. The highest BCUT2D eigenvalue weighted by atomic mass is 16.5. The summed E-state index contributed by atoms with van der Waals surface area (Å²) in [4.78, 5) is 10.9. The summed E-state index contributed by atoms with van der Waals surface area (Å²) < 4.78 is 5.20. The molecule has 0 saturated carbocycles. The van der Waals surface area contributed by atoms with E-state index in [1.54, 1.807) is 6.08 Å². The van der Waals surface area contributed by atoms with Crippen LogP contribution in [0.1, 0.15) is 12.8 Å². The third kappa shape index (κ3) is 2.72. The highest BCUT2D eigenvalue weighted by Crippen LogP contribution is 1.99. The Balaban J connectivity index is 2.38. The summed E-state index contributed by atoms with van der Waals surface area (Å²) >= 11 is 0. The molecule has 0 unspecified atom stereocenters. The van der Waals surface area contributed by atoms with Gasteiger partial charge in [-0.1, -0.05) is 6.08 Å². The summed E-state index contributed by atoms with van der Waals surface area (Å²) in [6.07, 6.45) is 3.05. The first-order valence-corrected chi connectivity index (χ1v) is 3.81. The summed E-state index contributed by atoms with van der Waals surface area (Å²) in [5.74, 6) is 0.0781. The van der Waals surface area contributed by atoms with E-state index >= 15 is 0 Å². The fourth-order valence-electron chi connectivity index (χ4n) is 1.06. The second kappa shape index (κ2) is 4.13. The Hall–Kier alpha value is -0.830. The largest absolute Gasteiger partial charge is 0.379 e. The summed E-state index contributed by atoms with van der Waals surface area (Å²) in [7, 11) is 0. The summed E-state index contributed by atoms with van der Waals surface area (Å²) in [6, 6.07) is 0.127. The summed E-state index contributed by atoms with van der Waals surface area (Å²) in [5, 5.41) is 2.84. The van der Waals surface area contributed by atoms with E-state index in [0.29, 0.717) is 19.6 Å². The Bertz CT molecular complexity index is 156. The quantitative estimate of drug-likeness (QED) is 0.588. The zero-order valence-electron chi connectivity index (χ0n) is 6.51. The lowest BCUT2D eigenvalue weighted by atomic mass is 10.2. The molecule has 0 aliphatic carbocycles. The Morgan fingerprint density at radius 1 is 1.82 bits per heavy atom. The molecule has 1 atom stereocenters. The van der Waals surface area contributed by atoms with Gasteiger partial charge < -0.3 is 10.1 Å². The third-order valence-electron chi connectivity index (χ3n) is 1.61. The molecule has 0 aromatic rings. The molecule has 1 rings (SSSR count). The van der Waals surface area contributed by atoms with Crippen LogP contribution in [-0.4, -0.2) is 25.2 Å². The monoisotopic (exact) mass is 155 g/mol. The number of rotatable bonds is 2. The molecule has 1 amide bonds. The van der Waals surface area contributed by atoms with E-state index in [1.165, 1.54) is 0 Å². The van der Waals surface area contributed by atoms with Gasteiger partial charge in [-0.2, -0.15) is 0 Å². The highest BCUT2D eigenvalue weighted by molar-refractivity contribution is 5.76. The van der Waals surface area contributed by atoms with Gasteiger partial charge in [0.1, 0.15) is 0 Å². The topological polar surface area (TPSA) is 38.3 Å². The van der Waals surface area contributed by atoms with Crippen molar-refractivity contribution in [2.75, 3.05) is 13.2 Å². The first kappa shape index (κ1) is 8.27. The highest BCUT2D eigenvalue weighted by Gasteiger charge is 2.14. The van der Waals surface area contributed by atoms with Gasteiger partial charge in [0.2, 0.25) is 5.91 Å². The van der Waals surface area contributed by atoms with E-state index in [0.717, 1.165) is 6.42 Å². The molecular formula is C8H13NO2. The molecule has 3 heteroatoms. The fraction of sp³-hybridized carbons (Fsp3) is 0.625. The molecular weight excluding hydrogens is 142 g/mol. The molecule has 1 N–H and O–H groups in total. The van der Waals surface area contributed by atoms with Crippen molar-refractivity contribution >= 4 is 5.91 Å². The Morgan fingerprint density at radius 2 is 2.64 bits per heavy atom. The Labute approximate surface area is 66.4 Å². The van der Waals surface area contributed by atoms with E-state index in [2.05, 4.69) is 11.9 Å². The number of carbonyl (C=O) groups excluding carboxylic acids is 1. The maximum Gasteiger partial charge on any atom is 0.222 e. The molecule has 11 heavy (non-hydrogen) atoms. The van der Waals surface area contributed by atoms with Gasteiger partial charge in [-0.05, 0) is 6.42 Å². The minimum atomic E-state index is 0.0781. The molecule has 1 heterocycles. The Morgan fingerprint density at radius 3 is 3.36 bits per heavy atom.